The second kappa shape index (κ2) is 6.01. The lowest BCUT2D eigenvalue weighted by Crippen LogP contribution is -2.25. The average molecular weight is 303 g/mol. The average Bonchev–Trinajstić information content (AvgIpc) is 2.55. The van der Waals surface area contributed by atoms with E-state index in [0.717, 1.165) is 22.3 Å². The number of hydrogen-bond acceptors (Lipinski definition) is 2. The first-order chi connectivity index (χ1) is 7.88. The van der Waals surface area contributed by atoms with E-state index in [0.29, 0.717) is 18.3 Å². The Hall–Kier alpha value is -0.350. The van der Waals surface area contributed by atoms with E-state index in [1.807, 2.05) is 11.7 Å². The van der Waals surface area contributed by atoms with Crippen molar-refractivity contribution in [3.63, 3.8) is 0 Å². The number of aliphatic hydroxyl groups excluding tert-OH is 1. The molecule has 2 atom stereocenters. The van der Waals surface area contributed by atoms with Crippen molar-refractivity contribution >= 4 is 15.9 Å². The summed E-state index contributed by atoms with van der Waals surface area (Å²) in [6, 6.07) is 0. The van der Waals surface area contributed by atoms with Gasteiger partial charge in [0, 0.05) is 13.5 Å². The predicted octanol–water partition coefficient (Wildman–Crippen LogP) is 2.94. The Morgan fingerprint density at radius 1 is 1.35 bits per heavy atom. The highest BCUT2D eigenvalue weighted by Gasteiger charge is 2.22. The van der Waals surface area contributed by atoms with Gasteiger partial charge >= 0.3 is 0 Å². The largest absolute Gasteiger partial charge is 0.392 e. The minimum Gasteiger partial charge on any atom is -0.392 e. The summed E-state index contributed by atoms with van der Waals surface area (Å²) in [7, 11) is 1.94. The molecule has 0 aromatic carbocycles. The van der Waals surface area contributed by atoms with Crippen LogP contribution in [0.25, 0.3) is 0 Å². The Morgan fingerprint density at radius 3 is 2.35 bits per heavy atom. The van der Waals surface area contributed by atoms with Crippen molar-refractivity contribution in [2.24, 2.45) is 18.9 Å². The lowest BCUT2D eigenvalue weighted by molar-refractivity contribution is 0.0902. The summed E-state index contributed by atoms with van der Waals surface area (Å²) in [5.41, 5.74) is 2.15. The summed E-state index contributed by atoms with van der Waals surface area (Å²) in [5, 5.41) is 14.7. The highest BCUT2D eigenvalue weighted by Crippen LogP contribution is 2.25. The molecule has 17 heavy (non-hydrogen) atoms. The highest BCUT2D eigenvalue weighted by atomic mass is 79.9. The Labute approximate surface area is 112 Å². The lowest BCUT2D eigenvalue weighted by atomic mass is 9.90. The summed E-state index contributed by atoms with van der Waals surface area (Å²) in [4.78, 5) is 0. The maximum absolute atomic E-state index is 10.2. The van der Waals surface area contributed by atoms with E-state index in [2.05, 4.69) is 48.7 Å². The first-order valence-electron chi connectivity index (χ1n) is 6.26. The molecule has 0 amide bonds. The van der Waals surface area contributed by atoms with Gasteiger partial charge in [0.15, 0.2) is 0 Å². The van der Waals surface area contributed by atoms with Gasteiger partial charge in [0.05, 0.1) is 22.0 Å². The van der Waals surface area contributed by atoms with Crippen LogP contribution in [-0.2, 0) is 19.9 Å². The Morgan fingerprint density at radius 2 is 1.94 bits per heavy atom. The normalized spacial score (nSPS) is 15.3. The number of aryl methyl sites for hydroxylation is 2. The molecule has 1 aromatic heterocycles. The molecule has 0 saturated carbocycles. The first-order valence-corrected chi connectivity index (χ1v) is 7.06. The van der Waals surface area contributed by atoms with Gasteiger partial charge in [-0.2, -0.15) is 5.10 Å². The zero-order valence-corrected chi connectivity index (χ0v) is 13.0. The van der Waals surface area contributed by atoms with Gasteiger partial charge in [-0.15, -0.1) is 0 Å². The molecular formula is C13H23BrN2O. The molecule has 0 aliphatic carbocycles. The highest BCUT2D eigenvalue weighted by molar-refractivity contribution is 9.10. The molecular weight excluding hydrogens is 280 g/mol. The van der Waals surface area contributed by atoms with Crippen LogP contribution in [0.15, 0.2) is 4.47 Å². The van der Waals surface area contributed by atoms with Gasteiger partial charge in [0.1, 0.15) is 0 Å². The van der Waals surface area contributed by atoms with E-state index in [9.17, 15) is 5.11 Å². The van der Waals surface area contributed by atoms with Gasteiger partial charge in [-0.1, -0.05) is 27.7 Å². The summed E-state index contributed by atoms with van der Waals surface area (Å²) in [6.45, 7) is 8.47. The molecule has 0 aliphatic heterocycles. The molecule has 2 unspecified atom stereocenters. The second-order valence-corrected chi connectivity index (χ2v) is 5.85. The van der Waals surface area contributed by atoms with Crippen LogP contribution in [0, 0.1) is 11.8 Å². The molecule has 3 nitrogen and oxygen atoms in total. The Balaban J connectivity index is 2.84. The van der Waals surface area contributed by atoms with Crippen LogP contribution in [0.2, 0.25) is 0 Å². The molecule has 0 aliphatic rings. The van der Waals surface area contributed by atoms with Gasteiger partial charge in [0.25, 0.3) is 0 Å². The minimum absolute atomic E-state index is 0.293. The fourth-order valence-electron chi connectivity index (χ4n) is 1.87. The van der Waals surface area contributed by atoms with E-state index in [1.54, 1.807) is 0 Å². The Bertz CT molecular complexity index is 374. The maximum atomic E-state index is 10.2. The SMILES string of the molecule is CCc1nn(C)c(CC(O)C(C)C(C)C)c1Br. The number of hydrogen-bond donors (Lipinski definition) is 1. The standard InChI is InChI=1S/C13H23BrN2O/c1-6-10-13(14)11(16(5)15-10)7-12(17)9(4)8(2)3/h8-9,12,17H,6-7H2,1-5H3. The number of aliphatic hydroxyl groups is 1. The third kappa shape index (κ3) is 3.32. The summed E-state index contributed by atoms with van der Waals surface area (Å²) in [5.74, 6) is 0.782. The van der Waals surface area contributed by atoms with Gasteiger partial charge in [-0.05, 0) is 34.2 Å². The van der Waals surface area contributed by atoms with Gasteiger partial charge in [-0.25, -0.2) is 0 Å². The molecule has 98 valence electrons. The van der Waals surface area contributed by atoms with Crippen molar-refractivity contribution in [2.45, 2.75) is 46.6 Å². The molecule has 0 radical (unpaired) electrons. The van der Waals surface area contributed by atoms with Crippen LogP contribution in [0.1, 0.15) is 39.1 Å². The molecule has 0 spiro atoms. The molecule has 4 heteroatoms. The number of nitrogens with zero attached hydrogens (tertiary/aromatic N) is 2. The van der Waals surface area contributed by atoms with Crippen LogP contribution in [0.3, 0.4) is 0 Å². The molecule has 0 bridgehead atoms. The molecule has 1 rings (SSSR count). The van der Waals surface area contributed by atoms with Gasteiger partial charge in [0.2, 0.25) is 0 Å². The topological polar surface area (TPSA) is 38.0 Å². The van der Waals surface area contributed by atoms with Crippen molar-refractivity contribution in [1.29, 1.82) is 0 Å². The molecule has 1 heterocycles. The second-order valence-electron chi connectivity index (χ2n) is 5.06. The van der Waals surface area contributed by atoms with Crippen LogP contribution in [0.4, 0.5) is 0 Å². The van der Waals surface area contributed by atoms with Crippen LogP contribution in [0.5, 0.6) is 0 Å². The summed E-state index contributed by atoms with van der Waals surface area (Å²) < 4.78 is 2.93. The monoisotopic (exact) mass is 302 g/mol. The van der Waals surface area contributed by atoms with Crippen LogP contribution >= 0.6 is 15.9 Å². The fraction of sp³-hybridized carbons (Fsp3) is 0.769. The van der Waals surface area contributed by atoms with Gasteiger partial charge < -0.3 is 5.11 Å². The van der Waals surface area contributed by atoms with E-state index in [1.165, 1.54) is 0 Å². The predicted molar refractivity (Wildman–Crippen MR) is 74.0 cm³/mol. The van der Waals surface area contributed by atoms with E-state index >= 15 is 0 Å². The van der Waals surface area contributed by atoms with E-state index in [-0.39, 0.29) is 6.10 Å². The maximum Gasteiger partial charge on any atom is 0.0766 e. The number of halogens is 1. The molecule has 1 aromatic rings. The molecule has 0 fully saturated rings. The fourth-order valence-corrected chi connectivity index (χ4v) is 2.65. The Kier molecular flexibility index (Phi) is 5.20. The number of aromatic nitrogens is 2. The minimum atomic E-state index is -0.314. The van der Waals surface area contributed by atoms with Crippen LogP contribution in [-0.4, -0.2) is 21.0 Å². The third-order valence-electron chi connectivity index (χ3n) is 3.56. The van der Waals surface area contributed by atoms with Gasteiger partial charge in [-0.3, -0.25) is 4.68 Å². The van der Waals surface area contributed by atoms with Crippen molar-refractivity contribution in [2.75, 3.05) is 0 Å². The van der Waals surface area contributed by atoms with Crippen molar-refractivity contribution < 1.29 is 5.11 Å². The van der Waals surface area contributed by atoms with E-state index < -0.39 is 0 Å². The number of rotatable bonds is 5. The summed E-state index contributed by atoms with van der Waals surface area (Å²) in [6.07, 6.45) is 1.25. The quantitative estimate of drug-likeness (QED) is 0.908. The lowest BCUT2D eigenvalue weighted by Gasteiger charge is -2.22. The van der Waals surface area contributed by atoms with E-state index in [4.69, 9.17) is 0 Å². The summed E-state index contributed by atoms with van der Waals surface area (Å²) >= 11 is 3.58. The molecule has 0 saturated heterocycles. The van der Waals surface area contributed by atoms with Crippen molar-refractivity contribution in [1.82, 2.24) is 9.78 Å². The van der Waals surface area contributed by atoms with Crippen molar-refractivity contribution in [3.8, 4) is 0 Å². The zero-order valence-electron chi connectivity index (χ0n) is 11.4. The van der Waals surface area contributed by atoms with Crippen LogP contribution < -0.4 is 0 Å². The third-order valence-corrected chi connectivity index (χ3v) is 4.48. The first kappa shape index (κ1) is 14.7. The smallest absolute Gasteiger partial charge is 0.0766 e. The molecule has 1 N–H and O–H groups in total. The van der Waals surface area contributed by atoms with Crippen molar-refractivity contribution in [3.05, 3.63) is 15.9 Å². The zero-order chi connectivity index (χ0) is 13.2.